The second-order valence-corrected chi connectivity index (χ2v) is 6.17. The number of aromatic nitrogens is 4. The van der Waals surface area contributed by atoms with E-state index in [4.69, 9.17) is 4.63 Å². The summed E-state index contributed by atoms with van der Waals surface area (Å²) in [5.41, 5.74) is 1.11. The van der Waals surface area contributed by atoms with Crippen LogP contribution in [0.1, 0.15) is 30.3 Å². The molecule has 1 aromatic carbocycles. The Morgan fingerprint density at radius 3 is 2.96 bits per heavy atom. The zero-order chi connectivity index (χ0) is 17.4. The van der Waals surface area contributed by atoms with Crippen molar-refractivity contribution in [2.75, 3.05) is 6.54 Å². The molecule has 128 valence electrons. The Bertz CT molecular complexity index is 993. The van der Waals surface area contributed by atoms with Crippen LogP contribution in [0.5, 0.6) is 0 Å². The smallest absolute Gasteiger partial charge is 0.275 e. The maximum absolute atomic E-state index is 12.8. The van der Waals surface area contributed by atoms with Crippen molar-refractivity contribution in [1.29, 1.82) is 0 Å². The van der Waals surface area contributed by atoms with Gasteiger partial charge in [0.2, 0.25) is 5.91 Å². The number of amides is 1. The van der Waals surface area contributed by atoms with Crippen molar-refractivity contribution in [3.63, 3.8) is 0 Å². The summed E-state index contributed by atoms with van der Waals surface area (Å²) < 4.78 is 5.98. The van der Waals surface area contributed by atoms with Gasteiger partial charge in [-0.25, -0.2) is 9.31 Å². The summed E-state index contributed by atoms with van der Waals surface area (Å²) in [6.07, 6.45) is 3.29. The molecule has 1 saturated heterocycles. The highest BCUT2D eigenvalue weighted by Gasteiger charge is 2.33. The summed E-state index contributed by atoms with van der Waals surface area (Å²) in [4.78, 5) is 27.0. The first kappa shape index (κ1) is 15.5. The minimum atomic E-state index is -0.263. The molecule has 4 rings (SSSR count). The highest BCUT2D eigenvalue weighted by molar-refractivity contribution is 5.81. The SMILES string of the molecule is Cc1nonc1[C@H]1CCCN1C(=O)Cn1ncc2ccccc2c1=O. The van der Waals surface area contributed by atoms with Crippen molar-refractivity contribution >= 4 is 16.7 Å². The fourth-order valence-corrected chi connectivity index (χ4v) is 3.35. The molecule has 3 aromatic rings. The van der Waals surface area contributed by atoms with Crippen molar-refractivity contribution in [2.45, 2.75) is 32.4 Å². The number of hydrogen-bond donors (Lipinski definition) is 0. The van der Waals surface area contributed by atoms with Crippen molar-refractivity contribution in [3.05, 3.63) is 52.2 Å². The van der Waals surface area contributed by atoms with Crippen molar-refractivity contribution < 1.29 is 9.42 Å². The molecule has 8 heteroatoms. The Hall–Kier alpha value is -3.03. The van der Waals surface area contributed by atoms with Crippen LogP contribution in [0.4, 0.5) is 0 Å². The number of carbonyl (C=O) groups excluding carboxylic acids is 1. The number of likely N-dealkylation sites (tertiary alicyclic amines) is 1. The van der Waals surface area contributed by atoms with Crippen LogP contribution >= 0.6 is 0 Å². The largest absolute Gasteiger partial charge is 0.332 e. The van der Waals surface area contributed by atoms with Crippen LogP contribution in [-0.4, -0.2) is 37.4 Å². The van der Waals surface area contributed by atoms with Crippen LogP contribution in [0.15, 0.2) is 39.9 Å². The van der Waals surface area contributed by atoms with Gasteiger partial charge < -0.3 is 4.90 Å². The first-order valence-corrected chi connectivity index (χ1v) is 8.18. The van der Waals surface area contributed by atoms with E-state index in [1.165, 1.54) is 4.68 Å². The topological polar surface area (TPSA) is 94.1 Å². The predicted octanol–water partition coefficient (Wildman–Crippen LogP) is 1.45. The number of benzene rings is 1. The molecule has 3 heterocycles. The molecule has 0 unspecified atom stereocenters. The minimum absolute atomic E-state index is 0.0928. The predicted molar refractivity (Wildman–Crippen MR) is 88.7 cm³/mol. The monoisotopic (exact) mass is 339 g/mol. The van der Waals surface area contributed by atoms with E-state index in [0.717, 1.165) is 18.2 Å². The molecule has 25 heavy (non-hydrogen) atoms. The van der Waals surface area contributed by atoms with Crippen molar-refractivity contribution in [3.8, 4) is 0 Å². The Morgan fingerprint density at radius 1 is 1.32 bits per heavy atom. The van der Waals surface area contributed by atoms with E-state index in [1.54, 1.807) is 23.2 Å². The lowest BCUT2D eigenvalue weighted by molar-refractivity contribution is -0.133. The molecule has 8 nitrogen and oxygen atoms in total. The molecule has 1 aliphatic rings. The Kier molecular flexibility index (Phi) is 3.79. The number of hydrogen-bond acceptors (Lipinski definition) is 6. The Morgan fingerprint density at radius 2 is 2.16 bits per heavy atom. The normalized spacial score (nSPS) is 17.3. The van der Waals surface area contributed by atoms with E-state index in [0.29, 0.717) is 23.3 Å². The van der Waals surface area contributed by atoms with Crippen LogP contribution in [0.25, 0.3) is 10.8 Å². The van der Waals surface area contributed by atoms with Crippen LogP contribution in [0.2, 0.25) is 0 Å². The average molecular weight is 339 g/mol. The van der Waals surface area contributed by atoms with E-state index < -0.39 is 0 Å². The second-order valence-electron chi connectivity index (χ2n) is 6.17. The maximum Gasteiger partial charge on any atom is 0.275 e. The molecule has 0 aliphatic carbocycles. The van der Waals surface area contributed by atoms with Crippen LogP contribution in [0.3, 0.4) is 0 Å². The van der Waals surface area contributed by atoms with E-state index in [1.807, 2.05) is 19.1 Å². The molecule has 1 aliphatic heterocycles. The number of fused-ring (bicyclic) bond motifs is 1. The standard InChI is InChI=1S/C17H17N5O3/c1-11-16(20-25-19-11)14-7-4-8-21(14)15(23)10-22-17(24)13-6-3-2-5-12(13)9-18-22/h2-3,5-6,9,14H,4,7-8,10H2,1H3/t14-/m1/s1. The molecule has 1 fully saturated rings. The van der Waals surface area contributed by atoms with E-state index in [9.17, 15) is 9.59 Å². The molecule has 0 radical (unpaired) electrons. The summed E-state index contributed by atoms with van der Waals surface area (Å²) in [5, 5.41) is 13.2. The molecule has 0 N–H and O–H groups in total. The summed E-state index contributed by atoms with van der Waals surface area (Å²) in [6, 6.07) is 7.06. The maximum atomic E-state index is 12.8. The Balaban J connectivity index is 1.61. The van der Waals surface area contributed by atoms with Gasteiger partial charge in [0.15, 0.2) is 0 Å². The van der Waals surface area contributed by atoms with Crippen LogP contribution in [-0.2, 0) is 11.3 Å². The van der Waals surface area contributed by atoms with Gasteiger partial charge in [-0.2, -0.15) is 5.10 Å². The van der Waals surface area contributed by atoms with Gasteiger partial charge in [0.25, 0.3) is 5.56 Å². The third kappa shape index (κ3) is 2.69. The lowest BCUT2D eigenvalue weighted by Crippen LogP contribution is -2.37. The lowest BCUT2D eigenvalue weighted by Gasteiger charge is -2.23. The zero-order valence-corrected chi connectivity index (χ0v) is 13.8. The molecule has 1 atom stereocenters. The third-order valence-corrected chi connectivity index (χ3v) is 4.62. The molecule has 0 spiro atoms. The van der Waals surface area contributed by atoms with Gasteiger partial charge in [0, 0.05) is 11.9 Å². The van der Waals surface area contributed by atoms with Gasteiger partial charge in [-0.05, 0) is 25.8 Å². The fraction of sp³-hybridized carbons (Fsp3) is 0.353. The highest BCUT2D eigenvalue weighted by atomic mass is 16.6. The molecule has 1 amide bonds. The third-order valence-electron chi connectivity index (χ3n) is 4.62. The minimum Gasteiger partial charge on any atom is -0.332 e. The fourth-order valence-electron chi connectivity index (χ4n) is 3.35. The number of rotatable bonds is 3. The highest BCUT2D eigenvalue weighted by Crippen LogP contribution is 2.32. The van der Waals surface area contributed by atoms with Gasteiger partial charge >= 0.3 is 0 Å². The second kappa shape index (κ2) is 6.12. The van der Waals surface area contributed by atoms with E-state index in [-0.39, 0.29) is 24.1 Å². The number of carbonyl (C=O) groups is 1. The van der Waals surface area contributed by atoms with Gasteiger partial charge in [-0.3, -0.25) is 9.59 Å². The van der Waals surface area contributed by atoms with Crippen molar-refractivity contribution in [1.82, 2.24) is 25.0 Å². The average Bonchev–Trinajstić information content (AvgIpc) is 3.26. The van der Waals surface area contributed by atoms with Gasteiger partial charge in [-0.15, -0.1) is 0 Å². The molecular formula is C17H17N5O3. The summed E-state index contributed by atoms with van der Waals surface area (Å²) in [6.45, 7) is 2.34. The van der Waals surface area contributed by atoms with Crippen LogP contribution < -0.4 is 5.56 Å². The first-order valence-electron chi connectivity index (χ1n) is 8.18. The van der Waals surface area contributed by atoms with Gasteiger partial charge in [-0.1, -0.05) is 28.5 Å². The molecular weight excluding hydrogens is 322 g/mol. The lowest BCUT2D eigenvalue weighted by atomic mass is 10.1. The zero-order valence-electron chi connectivity index (χ0n) is 13.8. The molecule has 2 aromatic heterocycles. The Labute approximate surface area is 143 Å². The van der Waals surface area contributed by atoms with Gasteiger partial charge in [0.1, 0.15) is 17.9 Å². The van der Waals surface area contributed by atoms with Crippen LogP contribution in [0, 0.1) is 6.92 Å². The summed E-state index contributed by atoms with van der Waals surface area (Å²) in [5.74, 6) is -0.158. The summed E-state index contributed by atoms with van der Waals surface area (Å²) in [7, 11) is 0. The van der Waals surface area contributed by atoms with E-state index >= 15 is 0 Å². The number of aryl methyl sites for hydroxylation is 1. The number of nitrogens with zero attached hydrogens (tertiary/aromatic N) is 5. The van der Waals surface area contributed by atoms with Crippen molar-refractivity contribution in [2.24, 2.45) is 0 Å². The molecule has 0 bridgehead atoms. The molecule has 0 saturated carbocycles. The quantitative estimate of drug-likeness (QED) is 0.717. The van der Waals surface area contributed by atoms with E-state index in [2.05, 4.69) is 15.4 Å². The first-order chi connectivity index (χ1) is 12.1. The van der Waals surface area contributed by atoms with Gasteiger partial charge in [0.05, 0.1) is 17.6 Å². The summed E-state index contributed by atoms with van der Waals surface area (Å²) >= 11 is 0.